The molecule has 0 aliphatic heterocycles. The van der Waals surface area contributed by atoms with E-state index in [1.807, 2.05) is 5.32 Å². The van der Waals surface area contributed by atoms with E-state index in [2.05, 4.69) is 11.9 Å². The number of carboxylic acid groups (broad SMARTS) is 1. The number of nitrogens with one attached hydrogen (secondary N) is 1. The first-order chi connectivity index (χ1) is 7.45. The molecule has 0 heterocycles. The summed E-state index contributed by atoms with van der Waals surface area (Å²) in [6.45, 7) is 3.52. The van der Waals surface area contributed by atoms with Crippen LogP contribution in [0.2, 0.25) is 0 Å². The van der Waals surface area contributed by atoms with Crippen molar-refractivity contribution in [3.05, 3.63) is 6.92 Å². The number of hydrogen-bond donors (Lipinski definition) is 1. The van der Waals surface area contributed by atoms with Gasteiger partial charge < -0.3 is 30.5 Å². The average molecular weight is 471 g/mol. The van der Waals surface area contributed by atoms with E-state index in [0.717, 1.165) is 0 Å². The minimum absolute atomic E-state index is 0. The van der Waals surface area contributed by atoms with Gasteiger partial charge in [-0.25, -0.2) is 0 Å². The van der Waals surface area contributed by atoms with Gasteiger partial charge in [-0.1, -0.05) is 0 Å². The molecule has 0 fully saturated rings. The third kappa shape index (κ3) is 18.3. The molecule has 1 unspecified atom stereocenters. The van der Waals surface area contributed by atoms with Gasteiger partial charge in [0.05, 0.1) is 18.7 Å². The average Bonchev–Trinajstić information content (AvgIpc) is 2.23. The summed E-state index contributed by atoms with van der Waals surface area (Å²) in [6.07, 6.45) is -1.22. The molecular weight excluding hydrogens is 456 g/mol. The monoisotopic (exact) mass is 472 g/mol. The Labute approximate surface area is 154 Å². The topological polar surface area (TPSA) is 145 Å². The number of carbonyl (C=O) groups is 2. The fourth-order valence-electron chi connectivity index (χ4n) is 0.696. The molecule has 0 aromatic rings. The number of amidine groups is 1. The van der Waals surface area contributed by atoms with Crippen molar-refractivity contribution in [3.8, 4) is 0 Å². The normalized spacial score (nSPS) is 11.2. The summed E-state index contributed by atoms with van der Waals surface area (Å²) >= 11 is 0. The van der Waals surface area contributed by atoms with Gasteiger partial charge in [0.25, 0.3) is 0 Å². The summed E-state index contributed by atoms with van der Waals surface area (Å²) in [5, 5.41) is 22.9. The number of nitrogens with zero attached hydrogens (tertiary/aromatic N) is 1. The van der Waals surface area contributed by atoms with Crippen LogP contribution >= 0.6 is 0 Å². The van der Waals surface area contributed by atoms with E-state index in [1.54, 1.807) is 0 Å². The smallest absolute Gasteiger partial charge is 0.846 e. The van der Waals surface area contributed by atoms with Crippen molar-refractivity contribution < 1.29 is 87.2 Å². The van der Waals surface area contributed by atoms with Crippen LogP contribution in [0.15, 0.2) is 4.99 Å². The Morgan fingerprint density at radius 3 is 2.32 bits per heavy atom. The maximum atomic E-state index is 11.0. The first-order valence-corrected chi connectivity index (χ1v) is 4.52. The number of aliphatic imine (C=N–C) groups is 1. The van der Waals surface area contributed by atoms with E-state index >= 15 is 0 Å². The van der Waals surface area contributed by atoms with Crippen LogP contribution in [0.3, 0.4) is 0 Å². The van der Waals surface area contributed by atoms with Crippen molar-refractivity contribution in [1.82, 2.24) is 5.32 Å². The number of carboxylic acids is 1. The third-order valence-corrected chi connectivity index (χ3v) is 1.57. The second-order valence-electron chi connectivity index (χ2n) is 2.92. The fraction of sp³-hybridized carbons (Fsp3) is 0.556. The summed E-state index contributed by atoms with van der Waals surface area (Å²) in [7, 11) is 1.41. The molecule has 8 nitrogen and oxygen atoms in total. The van der Waals surface area contributed by atoms with Gasteiger partial charge in [0, 0.05) is 19.5 Å². The second kappa shape index (κ2) is 16.3. The second-order valence-corrected chi connectivity index (χ2v) is 2.92. The number of hydrogen-bond acceptors (Lipinski definition) is 6. The number of rotatable bonds is 6. The number of methoxy groups -OCH3 is 1. The fourth-order valence-corrected chi connectivity index (χ4v) is 0.696. The van der Waals surface area contributed by atoms with Crippen molar-refractivity contribution in [2.75, 3.05) is 13.7 Å². The van der Waals surface area contributed by atoms with Crippen LogP contribution in [0, 0.1) is 6.92 Å². The number of amides is 1. The molecule has 2 radical (unpaired) electrons. The largest absolute Gasteiger partial charge is 1.00 e. The van der Waals surface area contributed by atoms with E-state index < -0.39 is 30.4 Å². The molecule has 0 saturated carbocycles. The zero-order chi connectivity index (χ0) is 12.6. The van der Waals surface area contributed by atoms with Crippen LogP contribution in [0.25, 0.3) is 0 Å². The van der Waals surface area contributed by atoms with E-state index in [-0.39, 0.29) is 75.7 Å². The molecule has 0 bridgehead atoms. The molecule has 0 aromatic carbocycles. The van der Waals surface area contributed by atoms with Gasteiger partial charge in [-0.05, 0) is 13.3 Å². The van der Waals surface area contributed by atoms with Crippen LogP contribution < -0.4 is 45.1 Å². The Balaban J connectivity index is -0.000000375. The molecule has 100 valence electrons. The van der Waals surface area contributed by atoms with E-state index in [0.29, 0.717) is 0 Å². The molecule has 0 spiro atoms. The SMILES string of the molecule is O.[CH2]C(CN=C([O-])NC(=O)CCC(=O)[O-])OC.[Hg+].[Na+]. The third-order valence-electron chi connectivity index (χ3n) is 1.57. The molecule has 1 atom stereocenters. The maximum Gasteiger partial charge on any atom is 1.00 e. The minimum Gasteiger partial charge on any atom is -0.846 e. The standard InChI is InChI=1S/C9H15N2O5.Hg.Na.H2O/c1-6(16-2)5-10-9(15)11-7(12)3-4-8(13)14;;;/h6H,1,3-5H2,2H3,(H,13,14)(H2,10,11,12,15);;;1H2/q;2*+1;/p-2. The molecule has 10 heteroatoms. The molecule has 1 amide bonds. The summed E-state index contributed by atoms with van der Waals surface area (Å²) in [4.78, 5) is 24.4. The van der Waals surface area contributed by atoms with Crippen molar-refractivity contribution in [2.24, 2.45) is 4.99 Å². The van der Waals surface area contributed by atoms with Crippen molar-refractivity contribution in [2.45, 2.75) is 18.9 Å². The number of carbonyl (C=O) groups excluding carboxylic acids is 2. The summed E-state index contributed by atoms with van der Waals surface area (Å²) < 4.78 is 4.73. The first-order valence-electron chi connectivity index (χ1n) is 4.52. The molecular formula is C9H15HgN2NaO6. The molecule has 3 N–H and O–H groups in total. The Morgan fingerprint density at radius 1 is 1.37 bits per heavy atom. The zero-order valence-electron chi connectivity index (χ0n) is 11.1. The summed E-state index contributed by atoms with van der Waals surface area (Å²) in [5.74, 6) is -2.06. The Hall–Kier alpha value is 0.265. The van der Waals surface area contributed by atoms with Crippen LogP contribution in [-0.4, -0.2) is 43.1 Å². The van der Waals surface area contributed by atoms with E-state index in [9.17, 15) is 19.8 Å². The van der Waals surface area contributed by atoms with Crippen molar-refractivity contribution in [3.63, 3.8) is 0 Å². The van der Waals surface area contributed by atoms with Gasteiger partial charge in [-0.15, -0.1) is 0 Å². The van der Waals surface area contributed by atoms with Crippen LogP contribution in [0.4, 0.5) is 0 Å². The maximum absolute atomic E-state index is 11.0. The molecule has 0 aromatic heterocycles. The molecule has 0 saturated heterocycles. The minimum atomic E-state index is -1.35. The van der Waals surface area contributed by atoms with Gasteiger partial charge in [0.1, 0.15) is 0 Å². The Morgan fingerprint density at radius 2 is 1.89 bits per heavy atom. The van der Waals surface area contributed by atoms with Crippen molar-refractivity contribution in [1.29, 1.82) is 0 Å². The summed E-state index contributed by atoms with van der Waals surface area (Å²) in [6, 6.07) is -0.839. The van der Waals surface area contributed by atoms with Gasteiger partial charge in [-0.2, -0.15) is 0 Å². The van der Waals surface area contributed by atoms with Gasteiger partial charge in [-0.3, -0.25) is 9.79 Å². The Bertz CT molecular complexity index is 290. The van der Waals surface area contributed by atoms with Crippen LogP contribution in [0.5, 0.6) is 0 Å². The van der Waals surface area contributed by atoms with Gasteiger partial charge in [0.2, 0.25) is 5.91 Å². The van der Waals surface area contributed by atoms with E-state index in [1.165, 1.54) is 7.11 Å². The van der Waals surface area contributed by atoms with Crippen molar-refractivity contribution >= 4 is 17.9 Å². The van der Waals surface area contributed by atoms with Crippen LogP contribution in [0.1, 0.15) is 12.8 Å². The van der Waals surface area contributed by atoms with Gasteiger partial charge >= 0.3 is 57.2 Å². The molecule has 0 aliphatic rings. The Kier molecular flexibility index (Phi) is 23.7. The van der Waals surface area contributed by atoms with E-state index in [4.69, 9.17) is 4.74 Å². The van der Waals surface area contributed by atoms with Crippen LogP contribution in [-0.2, 0) is 42.0 Å². The predicted molar refractivity (Wildman–Crippen MR) is 54.5 cm³/mol. The number of aliphatic carboxylic acids is 1. The molecule has 0 rings (SSSR count). The molecule has 19 heavy (non-hydrogen) atoms. The molecule has 0 aliphatic carbocycles. The summed E-state index contributed by atoms with van der Waals surface area (Å²) in [5.41, 5.74) is 0. The first kappa shape index (κ1) is 27.6. The predicted octanol–water partition coefficient (Wildman–Crippen LogP) is -6.63. The quantitative estimate of drug-likeness (QED) is 0.233. The number of ether oxygens (including phenoxy) is 1. The van der Waals surface area contributed by atoms with Gasteiger partial charge in [0.15, 0.2) is 0 Å². The zero-order valence-corrected chi connectivity index (χ0v) is 18.6.